The molecule has 0 spiro atoms. The van der Waals surface area contributed by atoms with Gasteiger partial charge in [0, 0.05) is 28.4 Å². The first-order valence-electron chi connectivity index (χ1n) is 7.01. The van der Waals surface area contributed by atoms with Crippen molar-refractivity contribution in [2.75, 3.05) is 0 Å². The molecule has 102 valence electrons. The number of nitrogens with zero attached hydrogens (tertiary/aromatic N) is 1. The minimum absolute atomic E-state index is 1.04. The normalized spacial score (nSPS) is 13.4. The van der Waals surface area contributed by atoms with E-state index in [1.807, 2.05) is 12.2 Å². The largest absolute Gasteiger partial charge is 0.341 e. The second-order valence-electron chi connectivity index (χ2n) is 4.50. The van der Waals surface area contributed by atoms with Crippen molar-refractivity contribution in [2.24, 2.45) is 0 Å². The molecule has 0 atom stereocenters. The van der Waals surface area contributed by atoms with Crippen LogP contribution in [0.25, 0.3) is 24.3 Å². The lowest BCUT2D eigenvalue weighted by molar-refractivity contribution is 0.617. The van der Waals surface area contributed by atoms with Crippen LogP contribution in [0.2, 0.25) is 0 Å². The lowest BCUT2D eigenvalue weighted by atomic mass is 10.1. The Balaban J connectivity index is 3.72. The summed E-state index contributed by atoms with van der Waals surface area (Å²) in [5.41, 5.74) is 2.44. The monoisotopic (exact) mass is 255 g/mol. The van der Waals surface area contributed by atoms with E-state index < -0.39 is 0 Å². The molecule has 0 aliphatic rings. The van der Waals surface area contributed by atoms with Crippen molar-refractivity contribution in [1.82, 2.24) is 4.57 Å². The van der Waals surface area contributed by atoms with Gasteiger partial charge in [0.2, 0.25) is 0 Å². The standard InChI is InChI=1S/C18H25N/c1-6-11-14-19-17(10-5)16(12-7-2)15(9-4)18(19)13-8-3/h7-10,12-13H,2,4,6,11,14H2,1,3,5H3/b13-8-,16-12-,17-10+. The topological polar surface area (TPSA) is 4.93 Å². The zero-order valence-electron chi connectivity index (χ0n) is 12.4. The number of hydrogen-bond acceptors (Lipinski definition) is 0. The van der Waals surface area contributed by atoms with E-state index in [0.717, 1.165) is 6.54 Å². The molecule has 0 saturated carbocycles. The number of aromatic nitrogens is 1. The molecule has 0 bridgehead atoms. The van der Waals surface area contributed by atoms with Crippen LogP contribution in [0.4, 0.5) is 0 Å². The van der Waals surface area contributed by atoms with Crippen LogP contribution in [0.1, 0.15) is 44.9 Å². The Hall–Kier alpha value is -1.76. The molecule has 0 unspecified atom stereocenters. The van der Waals surface area contributed by atoms with E-state index in [4.69, 9.17) is 0 Å². The summed E-state index contributed by atoms with van der Waals surface area (Å²) in [5, 5.41) is 2.48. The van der Waals surface area contributed by atoms with Crippen molar-refractivity contribution in [3.8, 4) is 0 Å². The SMILES string of the molecule is C=C/C=c1/c(C=C)c(/C=C\C)n(CCCC)/c1=C/C. The molecular weight excluding hydrogens is 230 g/mol. The first-order chi connectivity index (χ1) is 9.24. The number of allylic oxidation sites excluding steroid dienone is 2. The van der Waals surface area contributed by atoms with E-state index in [9.17, 15) is 0 Å². The summed E-state index contributed by atoms with van der Waals surface area (Å²) in [6.45, 7) is 15.2. The molecule has 0 amide bonds. The van der Waals surface area contributed by atoms with E-state index in [1.54, 1.807) is 0 Å². The summed E-state index contributed by atoms with van der Waals surface area (Å²) in [5.74, 6) is 0. The maximum absolute atomic E-state index is 3.97. The lowest BCUT2D eigenvalue weighted by Crippen LogP contribution is -2.29. The molecule has 19 heavy (non-hydrogen) atoms. The van der Waals surface area contributed by atoms with Gasteiger partial charge in [0.25, 0.3) is 0 Å². The van der Waals surface area contributed by atoms with Gasteiger partial charge in [-0.05, 0) is 26.3 Å². The average Bonchev–Trinajstić information content (AvgIpc) is 2.70. The maximum atomic E-state index is 3.97. The molecule has 0 fully saturated rings. The number of unbranched alkanes of at least 4 members (excludes halogenated alkanes) is 1. The quantitative estimate of drug-likeness (QED) is 0.730. The fourth-order valence-electron chi connectivity index (χ4n) is 2.41. The van der Waals surface area contributed by atoms with Crippen molar-refractivity contribution in [1.29, 1.82) is 0 Å². The van der Waals surface area contributed by atoms with Gasteiger partial charge in [0.1, 0.15) is 0 Å². The van der Waals surface area contributed by atoms with Gasteiger partial charge in [-0.3, -0.25) is 0 Å². The highest BCUT2D eigenvalue weighted by Gasteiger charge is 2.09. The van der Waals surface area contributed by atoms with E-state index in [0.29, 0.717) is 0 Å². The molecular formula is C18H25N. The zero-order valence-corrected chi connectivity index (χ0v) is 12.4. The third-order valence-electron chi connectivity index (χ3n) is 3.25. The second-order valence-corrected chi connectivity index (χ2v) is 4.50. The molecule has 0 aromatic carbocycles. The highest BCUT2D eigenvalue weighted by molar-refractivity contribution is 5.65. The predicted octanol–water partition coefficient (Wildman–Crippen LogP) is 3.73. The number of rotatable bonds is 6. The molecule has 1 rings (SSSR count). The second kappa shape index (κ2) is 7.63. The van der Waals surface area contributed by atoms with E-state index in [-0.39, 0.29) is 0 Å². The fourth-order valence-corrected chi connectivity index (χ4v) is 2.41. The smallest absolute Gasteiger partial charge is 0.0487 e. The van der Waals surface area contributed by atoms with Crippen LogP contribution >= 0.6 is 0 Å². The molecule has 0 N–H and O–H groups in total. The van der Waals surface area contributed by atoms with Crippen LogP contribution in [0.15, 0.2) is 25.3 Å². The Labute approximate surface area is 117 Å². The van der Waals surface area contributed by atoms with Crippen LogP contribution in [-0.4, -0.2) is 4.57 Å². The highest BCUT2D eigenvalue weighted by Crippen LogP contribution is 2.09. The van der Waals surface area contributed by atoms with Gasteiger partial charge in [0.15, 0.2) is 0 Å². The van der Waals surface area contributed by atoms with E-state index in [1.165, 1.54) is 34.7 Å². The van der Waals surface area contributed by atoms with Crippen molar-refractivity contribution < 1.29 is 0 Å². The fraction of sp³-hybridized carbons (Fsp3) is 0.333. The molecule has 1 heteroatoms. The Morgan fingerprint density at radius 1 is 1.21 bits per heavy atom. The highest BCUT2D eigenvalue weighted by atomic mass is 15.0. The van der Waals surface area contributed by atoms with Gasteiger partial charge in [-0.1, -0.05) is 56.9 Å². The van der Waals surface area contributed by atoms with Gasteiger partial charge in [-0.15, -0.1) is 0 Å². The molecule has 0 radical (unpaired) electrons. The van der Waals surface area contributed by atoms with Crippen molar-refractivity contribution in [3.05, 3.63) is 47.1 Å². The Morgan fingerprint density at radius 2 is 1.95 bits per heavy atom. The Morgan fingerprint density at radius 3 is 2.42 bits per heavy atom. The molecule has 1 aromatic heterocycles. The summed E-state index contributed by atoms with van der Waals surface area (Å²) < 4.78 is 2.38. The van der Waals surface area contributed by atoms with Gasteiger partial charge >= 0.3 is 0 Å². The summed E-state index contributed by atoms with van der Waals surface area (Å²) >= 11 is 0. The van der Waals surface area contributed by atoms with Crippen LogP contribution in [0.3, 0.4) is 0 Å². The third kappa shape index (κ3) is 3.17. The van der Waals surface area contributed by atoms with Gasteiger partial charge in [-0.2, -0.15) is 0 Å². The number of hydrogen-bond donors (Lipinski definition) is 0. The van der Waals surface area contributed by atoms with Gasteiger partial charge in [0.05, 0.1) is 0 Å². The Kier molecular flexibility index (Phi) is 6.14. The van der Waals surface area contributed by atoms with Crippen LogP contribution in [0, 0.1) is 0 Å². The van der Waals surface area contributed by atoms with Crippen molar-refractivity contribution in [2.45, 2.75) is 40.2 Å². The summed E-state index contributed by atoms with van der Waals surface area (Å²) in [6, 6.07) is 0. The predicted molar refractivity (Wildman–Crippen MR) is 88.2 cm³/mol. The minimum atomic E-state index is 1.04. The van der Waals surface area contributed by atoms with Crippen LogP contribution in [0.5, 0.6) is 0 Å². The van der Waals surface area contributed by atoms with Crippen LogP contribution < -0.4 is 10.6 Å². The molecule has 1 aromatic rings. The molecule has 1 heterocycles. The first kappa shape index (κ1) is 15.3. The molecule has 0 aliphatic heterocycles. The summed E-state index contributed by atoms with van der Waals surface area (Å²) in [4.78, 5) is 0. The summed E-state index contributed by atoms with van der Waals surface area (Å²) in [6.07, 6.45) is 14.7. The Bertz CT molecular complexity index is 582. The van der Waals surface area contributed by atoms with Crippen molar-refractivity contribution >= 4 is 24.3 Å². The lowest BCUT2D eigenvalue weighted by Gasteiger charge is -2.07. The molecule has 0 aliphatic carbocycles. The van der Waals surface area contributed by atoms with E-state index in [2.05, 4.69) is 62.8 Å². The zero-order chi connectivity index (χ0) is 14.3. The average molecular weight is 255 g/mol. The van der Waals surface area contributed by atoms with E-state index >= 15 is 0 Å². The minimum Gasteiger partial charge on any atom is -0.341 e. The summed E-state index contributed by atoms with van der Waals surface area (Å²) in [7, 11) is 0. The van der Waals surface area contributed by atoms with Crippen molar-refractivity contribution in [3.63, 3.8) is 0 Å². The molecule has 0 saturated heterocycles. The molecule has 1 nitrogen and oxygen atoms in total. The van der Waals surface area contributed by atoms with Gasteiger partial charge in [-0.25, -0.2) is 0 Å². The van der Waals surface area contributed by atoms with Gasteiger partial charge < -0.3 is 4.57 Å². The first-order valence-corrected chi connectivity index (χ1v) is 7.01. The maximum Gasteiger partial charge on any atom is 0.0487 e. The van der Waals surface area contributed by atoms with Crippen LogP contribution in [-0.2, 0) is 6.54 Å². The third-order valence-corrected chi connectivity index (χ3v) is 3.25.